The van der Waals surface area contributed by atoms with Gasteiger partial charge in [-0.25, -0.2) is 0 Å². The molecule has 5 heteroatoms. The number of alkyl halides is 1. The van der Waals surface area contributed by atoms with E-state index in [1.807, 2.05) is 0 Å². The smallest absolute Gasteiger partial charge is 0.258 e. The maximum Gasteiger partial charge on any atom is 0.270 e. The fourth-order valence-electron chi connectivity index (χ4n) is 1.26. The molecule has 0 spiro atoms. The Morgan fingerprint density at radius 1 is 1.50 bits per heavy atom. The largest absolute Gasteiger partial charge is 0.270 e. The molecule has 0 amide bonds. The average Bonchev–Trinajstić information content (AvgIpc) is 2.20. The molecule has 3 nitrogen and oxygen atoms in total. The van der Waals surface area contributed by atoms with Crippen molar-refractivity contribution in [3.63, 3.8) is 0 Å². The van der Waals surface area contributed by atoms with Crippen molar-refractivity contribution in [1.82, 2.24) is 0 Å². The van der Waals surface area contributed by atoms with Gasteiger partial charge in [-0.2, -0.15) is 0 Å². The van der Waals surface area contributed by atoms with E-state index in [0.717, 1.165) is 15.6 Å². The Morgan fingerprint density at radius 2 is 2.12 bits per heavy atom. The minimum Gasteiger partial charge on any atom is -0.258 e. The van der Waals surface area contributed by atoms with Gasteiger partial charge in [0, 0.05) is 21.1 Å². The molecule has 0 aromatic heterocycles. The summed E-state index contributed by atoms with van der Waals surface area (Å²) in [5.41, 5.74) is 1.20. The van der Waals surface area contributed by atoms with Gasteiger partial charge in [0.1, 0.15) is 0 Å². The van der Waals surface area contributed by atoms with Crippen LogP contribution in [0.1, 0.15) is 19.4 Å². The van der Waals surface area contributed by atoms with Gasteiger partial charge in [0.15, 0.2) is 0 Å². The van der Waals surface area contributed by atoms with Gasteiger partial charge in [0.05, 0.1) is 4.92 Å². The summed E-state index contributed by atoms with van der Waals surface area (Å²) in [6, 6.07) is 4.90. The molecule has 1 atom stereocenters. The van der Waals surface area contributed by atoms with Gasteiger partial charge < -0.3 is 0 Å². The van der Waals surface area contributed by atoms with Crippen molar-refractivity contribution in [3.8, 4) is 0 Å². The lowest BCUT2D eigenvalue weighted by Gasteiger charge is -2.14. The Labute approximate surface area is 113 Å². The van der Waals surface area contributed by atoms with Gasteiger partial charge in [-0.05, 0) is 40.5 Å². The summed E-state index contributed by atoms with van der Waals surface area (Å²) in [4.78, 5) is 10.2. The second kappa shape index (κ2) is 5.82. The van der Waals surface area contributed by atoms with Crippen molar-refractivity contribution in [2.24, 2.45) is 5.92 Å². The van der Waals surface area contributed by atoms with E-state index in [4.69, 9.17) is 11.6 Å². The van der Waals surface area contributed by atoms with Crippen LogP contribution in [0.2, 0.25) is 0 Å². The number of hydrogen-bond donors (Lipinski definition) is 0. The van der Waals surface area contributed by atoms with Crippen LogP contribution in [0.3, 0.4) is 0 Å². The number of nitro benzene ring substituents is 1. The zero-order valence-electron chi connectivity index (χ0n) is 9.11. The molecule has 1 aromatic carbocycles. The van der Waals surface area contributed by atoms with Gasteiger partial charge in [-0.3, -0.25) is 10.1 Å². The van der Waals surface area contributed by atoms with Crippen molar-refractivity contribution < 1.29 is 4.92 Å². The number of nitrogens with zero attached hydrogens (tertiary/aromatic N) is 1. The van der Waals surface area contributed by atoms with E-state index < -0.39 is 0 Å². The molecule has 0 bridgehead atoms. The van der Waals surface area contributed by atoms with Gasteiger partial charge >= 0.3 is 0 Å². The van der Waals surface area contributed by atoms with Crippen molar-refractivity contribution in [1.29, 1.82) is 0 Å². The zero-order chi connectivity index (χ0) is 12.3. The van der Waals surface area contributed by atoms with Crippen molar-refractivity contribution in [3.05, 3.63) is 37.4 Å². The molecule has 0 heterocycles. The van der Waals surface area contributed by atoms with E-state index in [1.54, 1.807) is 12.1 Å². The summed E-state index contributed by atoms with van der Waals surface area (Å²) in [5.74, 6) is 0.396. The fourth-order valence-corrected chi connectivity index (χ4v) is 2.15. The van der Waals surface area contributed by atoms with Crippen molar-refractivity contribution in [2.45, 2.75) is 25.6 Å². The minimum atomic E-state index is -0.382. The predicted molar refractivity (Wildman–Crippen MR) is 74.0 cm³/mol. The first-order valence-corrected chi connectivity index (χ1v) is 6.50. The molecular weight excluding hydrogens is 340 g/mol. The van der Waals surface area contributed by atoms with E-state index >= 15 is 0 Å². The molecule has 0 aliphatic rings. The number of halogens is 2. The first-order valence-electron chi connectivity index (χ1n) is 4.98. The fraction of sp³-hybridized carbons (Fsp3) is 0.455. The Balaban J connectivity index is 2.87. The summed E-state index contributed by atoms with van der Waals surface area (Å²) in [7, 11) is 0. The molecule has 0 saturated carbocycles. The second-order valence-electron chi connectivity index (χ2n) is 4.00. The third-order valence-corrected chi connectivity index (χ3v) is 4.05. The normalized spacial score (nSPS) is 12.8. The maximum absolute atomic E-state index is 10.6. The Morgan fingerprint density at radius 3 is 2.56 bits per heavy atom. The molecule has 0 N–H and O–H groups in total. The van der Waals surface area contributed by atoms with Crippen LogP contribution < -0.4 is 0 Å². The second-order valence-corrected chi connectivity index (χ2v) is 5.72. The number of nitro groups is 1. The minimum absolute atomic E-state index is 0.0648. The van der Waals surface area contributed by atoms with Crippen LogP contribution in [0, 0.1) is 19.6 Å². The number of hydrogen-bond acceptors (Lipinski definition) is 2. The van der Waals surface area contributed by atoms with Crippen molar-refractivity contribution in [2.75, 3.05) is 0 Å². The van der Waals surface area contributed by atoms with E-state index in [0.29, 0.717) is 5.92 Å². The summed E-state index contributed by atoms with van der Waals surface area (Å²) < 4.78 is 0.901. The van der Waals surface area contributed by atoms with Crippen LogP contribution in [0.15, 0.2) is 18.2 Å². The van der Waals surface area contributed by atoms with Crippen LogP contribution in [0.4, 0.5) is 5.69 Å². The first kappa shape index (κ1) is 13.7. The van der Waals surface area contributed by atoms with Crippen LogP contribution in [0.5, 0.6) is 0 Å². The summed E-state index contributed by atoms with van der Waals surface area (Å²) in [5, 5.41) is 10.6. The first-order chi connectivity index (χ1) is 7.41. The highest BCUT2D eigenvalue weighted by atomic mass is 127. The number of non-ortho nitro benzene ring substituents is 1. The lowest BCUT2D eigenvalue weighted by molar-refractivity contribution is -0.385. The topological polar surface area (TPSA) is 43.1 Å². The van der Waals surface area contributed by atoms with Gasteiger partial charge in [-0.15, -0.1) is 11.6 Å². The van der Waals surface area contributed by atoms with Crippen LogP contribution in [-0.2, 0) is 6.42 Å². The van der Waals surface area contributed by atoms with Crippen LogP contribution in [-0.4, -0.2) is 10.3 Å². The van der Waals surface area contributed by atoms with E-state index in [1.165, 1.54) is 6.07 Å². The summed E-state index contributed by atoms with van der Waals surface area (Å²) >= 11 is 8.30. The molecule has 0 saturated heterocycles. The third kappa shape index (κ3) is 3.59. The third-order valence-electron chi connectivity index (χ3n) is 2.39. The average molecular weight is 354 g/mol. The zero-order valence-corrected chi connectivity index (χ0v) is 12.0. The van der Waals surface area contributed by atoms with Gasteiger partial charge in [0.25, 0.3) is 5.69 Å². The molecule has 1 rings (SSSR count). The summed E-state index contributed by atoms with van der Waals surface area (Å²) in [6.07, 6.45) is 0.746. The Kier molecular flexibility index (Phi) is 4.98. The molecule has 0 aliphatic carbocycles. The van der Waals surface area contributed by atoms with E-state index in [2.05, 4.69) is 36.4 Å². The molecule has 1 unspecified atom stereocenters. The molecule has 0 aliphatic heterocycles. The van der Waals surface area contributed by atoms with Gasteiger partial charge in [0.2, 0.25) is 0 Å². The molecular formula is C11H13ClINO2. The quantitative estimate of drug-likeness (QED) is 0.355. The molecule has 0 fully saturated rings. The predicted octanol–water partition coefficient (Wildman–Crippen LogP) is 4.01. The number of benzene rings is 1. The Bertz CT molecular complexity index is 396. The lowest BCUT2D eigenvalue weighted by atomic mass is 10.0. The maximum atomic E-state index is 10.6. The molecule has 1 aromatic rings. The molecule has 16 heavy (non-hydrogen) atoms. The van der Waals surface area contributed by atoms with E-state index in [-0.39, 0.29) is 16.0 Å². The highest BCUT2D eigenvalue weighted by molar-refractivity contribution is 14.1. The van der Waals surface area contributed by atoms with Crippen LogP contribution >= 0.6 is 34.2 Å². The highest BCUT2D eigenvalue weighted by Gasteiger charge is 2.14. The van der Waals surface area contributed by atoms with Crippen LogP contribution in [0.25, 0.3) is 0 Å². The monoisotopic (exact) mass is 353 g/mol. The summed E-state index contributed by atoms with van der Waals surface area (Å²) in [6.45, 7) is 4.13. The standard InChI is InChI=1S/C11H13ClINO2/c1-7(2)10(12)5-8-3-4-9(14(15)16)6-11(8)13/h3-4,6-7,10H,5H2,1-2H3. The number of rotatable bonds is 4. The van der Waals surface area contributed by atoms with Crippen molar-refractivity contribution >= 4 is 39.9 Å². The van der Waals surface area contributed by atoms with E-state index in [9.17, 15) is 10.1 Å². The Hall–Kier alpha value is -0.360. The highest BCUT2D eigenvalue weighted by Crippen LogP contribution is 2.23. The molecule has 0 radical (unpaired) electrons. The van der Waals surface area contributed by atoms with Gasteiger partial charge in [-0.1, -0.05) is 19.9 Å². The molecule has 88 valence electrons. The SMILES string of the molecule is CC(C)C(Cl)Cc1ccc([N+](=O)[O-])cc1I. The lowest BCUT2D eigenvalue weighted by Crippen LogP contribution is -2.12.